The number of likely N-dealkylation sites (tertiary alicyclic amines) is 1. The van der Waals surface area contributed by atoms with E-state index in [2.05, 4.69) is 0 Å². The van der Waals surface area contributed by atoms with E-state index in [9.17, 15) is 14.4 Å². The topological polar surface area (TPSA) is 57.7 Å². The molecule has 3 rings (SSSR count). The molecule has 2 unspecified atom stereocenters. The second-order valence-electron chi connectivity index (χ2n) is 9.03. The lowest BCUT2D eigenvalue weighted by molar-refractivity contribution is -0.180. The molecule has 1 aromatic rings. The van der Waals surface area contributed by atoms with Gasteiger partial charge < -0.3 is 4.90 Å². The van der Waals surface area contributed by atoms with Gasteiger partial charge in [0, 0.05) is 36.9 Å². The maximum absolute atomic E-state index is 13.3. The van der Waals surface area contributed by atoms with Gasteiger partial charge in [0.25, 0.3) is 0 Å². The molecule has 1 aromatic carbocycles. The van der Waals surface area contributed by atoms with Crippen LogP contribution in [0, 0.1) is 16.2 Å². The van der Waals surface area contributed by atoms with Crippen molar-refractivity contribution in [1.29, 1.82) is 0 Å². The Labute approximate surface area is 155 Å². The van der Waals surface area contributed by atoms with Gasteiger partial charge >= 0.3 is 0 Å². The quantitative estimate of drug-likeness (QED) is 0.783. The van der Waals surface area contributed by atoms with Gasteiger partial charge in [-0.2, -0.15) is 0 Å². The zero-order valence-corrected chi connectivity index (χ0v) is 16.3. The second kappa shape index (κ2) is 5.93. The first-order chi connectivity index (χ1) is 12.0. The van der Waals surface area contributed by atoms with Crippen LogP contribution in [-0.4, -0.2) is 41.6 Å². The molecule has 26 heavy (non-hydrogen) atoms. The van der Waals surface area contributed by atoms with Crippen LogP contribution in [0.3, 0.4) is 0 Å². The molecule has 1 aliphatic heterocycles. The molecule has 0 N–H and O–H groups in total. The molecule has 0 radical (unpaired) electrons. The normalized spacial score (nSPS) is 34.0. The number of piperidine rings is 1. The van der Waals surface area contributed by atoms with Crippen LogP contribution in [0.1, 0.15) is 45.6 Å². The molecule has 2 atom stereocenters. The van der Waals surface area contributed by atoms with Crippen molar-refractivity contribution in [2.24, 2.45) is 16.2 Å². The average molecular weight is 356 g/mol. The minimum absolute atomic E-state index is 0.00339. The molecule has 1 saturated heterocycles. The third-order valence-electron chi connectivity index (χ3n) is 6.11. The number of hydrogen-bond donors (Lipinski definition) is 0. The lowest BCUT2D eigenvalue weighted by Crippen LogP contribution is -2.63. The number of carbonyl (C=O) groups excluding carboxylic acids is 3. The van der Waals surface area contributed by atoms with Crippen molar-refractivity contribution in [3.63, 3.8) is 0 Å². The van der Waals surface area contributed by atoms with E-state index < -0.39 is 16.2 Å². The van der Waals surface area contributed by atoms with Crippen molar-refractivity contribution in [2.45, 2.75) is 46.6 Å². The fourth-order valence-electron chi connectivity index (χ4n) is 5.52. The number of nitrogens with zero attached hydrogens (tertiary/aromatic N) is 2. The Morgan fingerprint density at radius 3 is 2.00 bits per heavy atom. The van der Waals surface area contributed by atoms with Gasteiger partial charge in [-0.1, -0.05) is 51.1 Å². The number of imide groups is 1. The summed E-state index contributed by atoms with van der Waals surface area (Å²) in [5.74, 6) is -0.322. The van der Waals surface area contributed by atoms with Crippen LogP contribution >= 0.6 is 0 Å². The molecule has 5 nitrogen and oxygen atoms in total. The molecule has 1 heterocycles. The van der Waals surface area contributed by atoms with Gasteiger partial charge in [-0.25, -0.2) is 0 Å². The van der Waals surface area contributed by atoms with E-state index in [-0.39, 0.29) is 17.7 Å². The summed E-state index contributed by atoms with van der Waals surface area (Å²) in [7, 11) is 3.36. The third kappa shape index (κ3) is 2.83. The van der Waals surface area contributed by atoms with Crippen molar-refractivity contribution in [2.75, 3.05) is 14.1 Å². The minimum Gasteiger partial charge on any atom is -0.341 e. The van der Waals surface area contributed by atoms with Crippen molar-refractivity contribution < 1.29 is 14.4 Å². The Morgan fingerprint density at radius 2 is 1.50 bits per heavy atom. The summed E-state index contributed by atoms with van der Waals surface area (Å²) < 4.78 is 0. The van der Waals surface area contributed by atoms with Crippen LogP contribution in [0.2, 0.25) is 0 Å². The highest BCUT2D eigenvalue weighted by Crippen LogP contribution is 2.58. The summed E-state index contributed by atoms with van der Waals surface area (Å²) in [4.78, 5) is 41.8. The van der Waals surface area contributed by atoms with E-state index in [0.29, 0.717) is 25.8 Å². The van der Waals surface area contributed by atoms with Gasteiger partial charge in [-0.15, -0.1) is 0 Å². The number of hydrogen-bond acceptors (Lipinski definition) is 3. The molecule has 2 aliphatic rings. The zero-order valence-electron chi connectivity index (χ0n) is 16.3. The standard InChI is InChI=1S/C21H28N2O3/c1-19(16(24)22(4)11-15-9-7-6-8-10-15)12-20(2)14-21(3,13-19)18(26)23(5)17(20)25/h6-10H,11-14H2,1-5H3. The number of amides is 3. The predicted molar refractivity (Wildman–Crippen MR) is 98.9 cm³/mol. The van der Waals surface area contributed by atoms with E-state index in [1.165, 1.54) is 4.90 Å². The molecular weight excluding hydrogens is 328 g/mol. The average Bonchev–Trinajstić information content (AvgIpc) is 2.58. The summed E-state index contributed by atoms with van der Waals surface area (Å²) >= 11 is 0. The summed E-state index contributed by atoms with van der Waals surface area (Å²) in [5, 5.41) is 0. The first kappa shape index (κ1) is 18.6. The highest BCUT2D eigenvalue weighted by atomic mass is 16.2. The SMILES string of the molecule is CN(Cc1ccccc1)C(=O)C1(C)CC2(C)CC(C)(C1)C(=O)N(C)C2=O. The number of rotatable bonds is 3. The Morgan fingerprint density at radius 1 is 1.00 bits per heavy atom. The van der Waals surface area contributed by atoms with Crippen LogP contribution in [0.25, 0.3) is 0 Å². The van der Waals surface area contributed by atoms with E-state index >= 15 is 0 Å². The van der Waals surface area contributed by atoms with E-state index in [0.717, 1.165) is 5.56 Å². The van der Waals surface area contributed by atoms with Crippen LogP contribution < -0.4 is 0 Å². The Balaban J connectivity index is 1.88. The largest absolute Gasteiger partial charge is 0.341 e. The van der Waals surface area contributed by atoms with E-state index in [1.807, 2.05) is 51.1 Å². The van der Waals surface area contributed by atoms with Crippen molar-refractivity contribution in [3.8, 4) is 0 Å². The fraction of sp³-hybridized carbons (Fsp3) is 0.571. The van der Waals surface area contributed by atoms with E-state index in [1.54, 1.807) is 19.0 Å². The Bertz CT molecular complexity index is 730. The lowest BCUT2D eigenvalue weighted by atomic mass is 9.51. The number of carbonyl (C=O) groups is 3. The Kier molecular flexibility index (Phi) is 4.25. The van der Waals surface area contributed by atoms with Gasteiger partial charge in [-0.3, -0.25) is 19.3 Å². The zero-order chi connectivity index (χ0) is 19.3. The molecule has 2 bridgehead atoms. The molecule has 1 saturated carbocycles. The predicted octanol–water partition coefficient (Wildman–Crippen LogP) is 2.85. The van der Waals surface area contributed by atoms with Crippen LogP contribution in [0.4, 0.5) is 0 Å². The summed E-state index contributed by atoms with van der Waals surface area (Å²) in [6, 6.07) is 9.84. The van der Waals surface area contributed by atoms with Crippen LogP contribution in [0.5, 0.6) is 0 Å². The molecule has 5 heteroatoms. The van der Waals surface area contributed by atoms with Crippen LogP contribution in [0.15, 0.2) is 30.3 Å². The van der Waals surface area contributed by atoms with Crippen molar-refractivity contribution >= 4 is 17.7 Å². The lowest BCUT2D eigenvalue weighted by Gasteiger charge is -2.55. The van der Waals surface area contributed by atoms with E-state index in [4.69, 9.17) is 0 Å². The molecule has 3 amide bonds. The first-order valence-corrected chi connectivity index (χ1v) is 9.13. The monoisotopic (exact) mass is 356 g/mol. The molecule has 0 aromatic heterocycles. The first-order valence-electron chi connectivity index (χ1n) is 9.13. The van der Waals surface area contributed by atoms with Crippen molar-refractivity contribution in [1.82, 2.24) is 9.80 Å². The van der Waals surface area contributed by atoms with Gasteiger partial charge in [-0.05, 0) is 24.8 Å². The minimum atomic E-state index is -0.724. The number of fused-ring (bicyclic) bond motifs is 2. The molecular formula is C21H28N2O3. The smallest absolute Gasteiger partial charge is 0.234 e. The number of benzene rings is 1. The van der Waals surface area contributed by atoms with Gasteiger partial charge in [0.2, 0.25) is 17.7 Å². The molecule has 140 valence electrons. The van der Waals surface area contributed by atoms with Crippen LogP contribution in [-0.2, 0) is 20.9 Å². The molecule has 2 fully saturated rings. The maximum Gasteiger partial charge on any atom is 0.234 e. The fourth-order valence-corrected chi connectivity index (χ4v) is 5.52. The third-order valence-corrected chi connectivity index (χ3v) is 6.11. The van der Waals surface area contributed by atoms with Gasteiger partial charge in [0.05, 0.1) is 0 Å². The molecule has 0 spiro atoms. The Hall–Kier alpha value is -2.17. The van der Waals surface area contributed by atoms with Gasteiger partial charge in [0.15, 0.2) is 0 Å². The highest BCUT2D eigenvalue weighted by molar-refractivity contribution is 6.04. The summed E-state index contributed by atoms with van der Waals surface area (Å²) in [6.45, 7) is 6.24. The van der Waals surface area contributed by atoms with Gasteiger partial charge in [0.1, 0.15) is 0 Å². The summed E-state index contributed by atoms with van der Waals surface area (Å²) in [6.07, 6.45) is 1.47. The summed E-state index contributed by atoms with van der Waals surface area (Å²) in [5.41, 5.74) is -1.01. The second-order valence-corrected chi connectivity index (χ2v) is 9.03. The highest BCUT2D eigenvalue weighted by Gasteiger charge is 2.62. The van der Waals surface area contributed by atoms with Crippen molar-refractivity contribution in [3.05, 3.63) is 35.9 Å². The molecule has 1 aliphatic carbocycles. The maximum atomic E-state index is 13.3.